The third-order valence-electron chi connectivity index (χ3n) is 5.90. The standard InChI is InChI=1S/C25H26N6O/c1-17-7-4-5-8-20(17)21-9-6-14-31-24(21)28-23(29-31)13-11-19-10-12-22(25(27-19)32-3)30-15-18(2)26-16-30/h4-5,7-8,10-13,15-16,21H,6,9,14H2,1-3H3/t21-/m1/s1. The van der Waals surface area contributed by atoms with Crippen molar-refractivity contribution in [2.24, 2.45) is 0 Å². The molecule has 0 amide bonds. The molecule has 5 rings (SSSR count). The fraction of sp³-hybridized carbons (Fsp3) is 0.280. The summed E-state index contributed by atoms with van der Waals surface area (Å²) in [6.07, 6.45) is 9.75. The molecule has 7 nitrogen and oxygen atoms in total. The van der Waals surface area contributed by atoms with Crippen LogP contribution >= 0.6 is 0 Å². The molecule has 32 heavy (non-hydrogen) atoms. The first kappa shape index (κ1) is 20.2. The van der Waals surface area contributed by atoms with Gasteiger partial charge in [-0.15, -0.1) is 0 Å². The van der Waals surface area contributed by atoms with Crippen LogP contribution in [0, 0.1) is 13.8 Å². The van der Waals surface area contributed by atoms with Crippen LogP contribution < -0.4 is 4.74 Å². The number of aromatic nitrogens is 6. The Morgan fingerprint density at radius 3 is 2.72 bits per heavy atom. The highest BCUT2D eigenvalue weighted by Crippen LogP contribution is 2.33. The number of imidazole rings is 1. The minimum atomic E-state index is 0.288. The molecule has 3 aromatic heterocycles. The van der Waals surface area contributed by atoms with Gasteiger partial charge >= 0.3 is 0 Å². The van der Waals surface area contributed by atoms with E-state index in [-0.39, 0.29) is 5.92 Å². The lowest BCUT2D eigenvalue weighted by Gasteiger charge is -2.23. The highest BCUT2D eigenvalue weighted by molar-refractivity contribution is 5.65. The van der Waals surface area contributed by atoms with Crippen LogP contribution in [0.25, 0.3) is 17.8 Å². The maximum atomic E-state index is 5.51. The van der Waals surface area contributed by atoms with Gasteiger partial charge in [0.15, 0.2) is 5.82 Å². The molecule has 4 aromatic rings. The largest absolute Gasteiger partial charge is 0.479 e. The van der Waals surface area contributed by atoms with Gasteiger partial charge in [0.25, 0.3) is 0 Å². The van der Waals surface area contributed by atoms with Crippen molar-refractivity contribution in [3.05, 3.63) is 83.1 Å². The SMILES string of the molecule is COc1nc(C=Cc2nc3n(n2)CCC[C@@H]3c2ccccc2C)ccc1-n1cnc(C)c1. The number of methoxy groups -OCH3 is 1. The molecule has 7 heteroatoms. The smallest absolute Gasteiger partial charge is 0.238 e. The lowest BCUT2D eigenvalue weighted by molar-refractivity contribution is 0.395. The van der Waals surface area contributed by atoms with Crippen LogP contribution in [0.2, 0.25) is 0 Å². The van der Waals surface area contributed by atoms with Crippen molar-refractivity contribution >= 4 is 12.2 Å². The van der Waals surface area contributed by atoms with E-state index < -0.39 is 0 Å². The average Bonchev–Trinajstić information content (AvgIpc) is 3.43. The van der Waals surface area contributed by atoms with Gasteiger partial charge in [0, 0.05) is 18.7 Å². The van der Waals surface area contributed by atoms with Crippen molar-refractivity contribution in [1.82, 2.24) is 29.3 Å². The van der Waals surface area contributed by atoms with Gasteiger partial charge in [0.2, 0.25) is 5.88 Å². The fourth-order valence-electron chi connectivity index (χ4n) is 4.31. The molecule has 0 N–H and O–H groups in total. The third kappa shape index (κ3) is 3.82. The van der Waals surface area contributed by atoms with Crippen molar-refractivity contribution < 1.29 is 4.74 Å². The van der Waals surface area contributed by atoms with Crippen LogP contribution in [0.15, 0.2) is 48.9 Å². The molecule has 0 saturated heterocycles. The number of aryl methyl sites for hydroxylation is 3. The Morgan fingerprint density at radius 1 is 1.06 bits per heavy atom. The molecule has 162 valence electrons. The number of hydrogen-bond donors (Lipinski definition) is 0. The van der Waals surface area contributed by atoms with E-state index in [9.17, 15) is 0 Å². The number of nitrogens with zero attached hydrogens (tertiary/aromatic N) is 6. The van der Waals surface area contributed by atoms with Gasteiger partial charge in [0.05, 0.1) is 24.8 Å². The minimum absolute atomic E-state index is 0.288. The molecule has 1 aliphatic heterocycles. The summed E-state index contributed by atoms with van der Waals surface area (Å²) in [6, 6.07) is 12.5. The summed E-state index contributed by atoms with van der Waals surface area (Å²) in [4.78, 5) is 13.8. The average molecular weight is 427 g/mol. The Bertz CT molecular complexity index is 1290. The van der Waals surface area contributed by atoms with Crippen molar-refractivity contribution in [2.75, 3.05) is 7.11 Å². The second-order valence-electron chi connectivity index (χ2n) is 8.12. The number of ether oxygens (including phenoxy) is 1. The van der Waals surface area contributed by atoms with E-state index in [2.05, 4.69) is 45.8 Å². The van der Waals surface area contributed by atoms with Crippen LogP contribution in [0.3, 0.4) is 0 Å². The zero-order valence-corrected chi connectivity index (χ0v) is 18.6. The van der Waals surface area contributed by atoms with Crippen molar-refractivity contribution in [3.63, 3.8) is 0 Å². The number of benzene rings is 1. The molecule has 0 saturated carbocycles. The zero-order valence-electron chi connectivity index (χ0n) is 18.6. The number of fused-ring (bicyclic) bond motifs is 1. The monoisotopic (exact) mass is 426 g/mol. The van der Waals surface area contributed by atoms with E-state index in [0.29, 0.717) is 11.7 Å². The molecular formula is C25H26N6O. The number of pyridine rings is 1. The molecule has 1 atom stereocenters. The Morgan fingerprint density at radius 2 is 1.94 bits per heavy atom. The highest BCUT2D eigenvalue weighted by atomic mass is 16.5. The summed E-state index contributed by atoms with van der Waals surface area (Å²) in [7, 11) is 1.62. The summed E-state index contributed by atoms with van der Waals surface area (Å²) < 4.78 is 9.48. The van der Waals surface area contributed by atoms with Crippen LogP contribution in [0.1, 0.15) is 52.9 Å². The van der Waals surface area contributed by atoms with Crippen LogP contribution in [0.4, 0.5) is 0 Å². The van der Waals surface area contributed by atoms with E-state index >= 15 is 0 Å². The van der Waals surface area contributed by atoms with Gasteiger partial charge < -0.3 is 9.30 Å². The lowest BCUT2D eigenvalue weighted by Crippen LogP contribution is -2.18. The third-order valence-corrected chi connectivity index (χ3v) is 5.90. The highest BCUT2D eigenvalue weighted by Gasteiger charge is 2.26. The fourth-order valence-corrected chi connectivity index (χ4v) is 4.31. The Kier molecular flexibility index (Phi) is 5.31. The van der Waals surface area contributed by atoms with Gasteiger partial charge in [0.1, 0.15) is 11.5 Å². The van der Waals surface area contributed by atoms with Gasteiger partial charge in [-0.2, -0.15) is 5.10 Å². The predicted molar refractivity (Wildman–Crippen MR) is 124 cm³/mol. The van der Waals surface area contributed by atoms with Gasteiger partial charge in [-0.05, 0) is 62.1 Å². The second-order valence-corrected chi connectivity index (χ2v) is 8.12. The molecule has 0 radical (unpaired) electrons. The normalized spacial score (nSPS) is 15.8. The summed E-state index contributed by atoms with van der Waals surface area (Å²) in [5.74, 6) is 2.58. The first-order valence-corrected chi connectivity index (χ1v) is 10.9. The first-order chi connectivity index (χ1) is 15.6. The van der Waals surface area contributed by atoms with Crippen LogP contribution in [-0.4, -0.2) is 36.4 Å². The Hall–Kier alpha value is -3.74. The summed E-state index contributed by atoms with van der Waals surface area (Å²) in [5.41, 5.74) is 5.21. The van der Waals surface area contributed by atoms with Crippen molar-refractivity contribution in [1.29, 1.82) is 0 Å². The van der Waals surface area contributed by atoms with E-state index in [1.807, 2.05) is 42.0 Å². The summed E-state index contributed by atoms with van der Waals surface area (Å²) in [6.45, 7) is 5.03. The van der Waals surface area contributed by atoms with Crippen LogP contribution in [-0.2, 0) is 6.54 Å². The van der Waals surface area contributed by atoms with E-state index in [1.54, 1.807) is 13.4 Å². The van der Waals surface area contributed by atoms with Crippen LogP contribution in [0.5, 0.6) is 5.88 Å². The summed E-state index contributed by atoms with van der Waals surface area (Å²) in [5, 5.41) is 4.73. The van der Waals surface area contributed by atoms with Crippen molar-refractivity contribution in [3.8, 4) is 11.6 Å². The summed E-state index contributed by atoms with van der Waals surface area (Å²) >= 11 is 0. The molecular weight excluding hydrogens is 400 g/mol. The Balaban J connectivity index is 1.42. The number of rotatable bonds is 5. The molecule has 0 aliphatic carbocycles. The molecule has 0 spiro atoms. The molecule has 4 heterocycles. The number of hydrogen-bond acceptors (Lipinski definition) is 5. The molecule has 0 unspecified atom stereocenters. The minimum Gasteiger partial charge on any atom is -0.479 e. The van der Waals surface area contributed by atoms with E-state index in [4.69, 9.17) is 14.8 Å². The van der Waals surface area contributed by atoms with E-state index in [0.717, 1.165) is 42.3 Å². The quantitative estimate of drug-likeness (QED) is 0.467. The van der Waals surface area contributed by atoms with Gasteiger partial charge in [-0.1, -0.05) is 24.3 Å². The Labute approximate surface area is 187 Å². The molecule has 0 fully saturated rings. The first-order valence-electron chi connectivity index (χ1n) is 10.9. The topological polar surface area (TPSA) is 70.7 Å². The van der Waals surface area contributed by atoms with E-state index in [1.165, 1.54) is 11.1 Å². The molecule has 1 aromatic carbocycles. The van der Waals surface area contributed by atoms with Crippen molar-refractivity contribution in [2.45, 2.75) is 39.2 Å². The lowest BCUT2D eigenvalue weighted by atomic mass is 9.88. The molecule has 0 bridgehead atoms. The maximum absolute atomic E-state index is 5.51. The predicted octanol–water partition coefficient (Wildman–Crippen LogP) is 4.58. The van der Waals surface area contributed by atoms with Gasteiger partial charge in [-0.3, -0.25) is 0 Å². The second kappa shape index (κ2) is 8.42. The zero-order chi connectivity index (χ0) is 22.1. The maximum Gasteiger partial charge on any atom is 0.238 e. The van der Waals surface area contributed by atoms with Gasteiger partial charge in [-0.25, -0.2) is 19.6 Å². The molecule has 1 aliphatic rings.